The molecule has 1 amide bonds. The van der Waals surface area contributed by atoms with Crippen LogP contribution in [-0.2, 0) is 4.79 Å². The first kappa shape index (κ1) is 12.9. The van der Waals surface area contributed by atoms with Gasteiger partial charge in [-0.3, -0.25) is 9.89 Å². The summed E-state index contributed by atoms with van der Waals surface area (Å²) in [5.74, 6) is -0.633. The van der Waals surface area contributed by atoms with Gasteiger partial charge < -0.3 is 10.0 Å². The molecule has 2 unspecified atom stereocenters. The fourth-order valence-corrected chi connectivity index (χ4v) is 3.47. The number of thioether (sulfide) groups is 1. The van der Waals surface area contributed by atoms with E-state index in [1.807, 2.05) is 13.8 Å². The number of aromatic amines is 1. The molecule has 0 bridgehead atoms. The van der Waals surface area contributed by atoms with E-state index in [0.29, 0.717) is 11.4 Å². The monoisotopic (exact) mass is 269 g/mol. The molecule has 6 nitrogen and oxygen atoms in total. The van der Waals surface area contributed by atoms with E-state index in [2.05, 4.69) is 10.2 Å². The highest BCUT2D eigenvalue weighted by molar-refractivity contribution is 8.00. The highest BCUT2D eigenvalue weighted by Gasteiger charge is 2.43. The summed E-state index contributed by atoms with van der Waals surface area (Å²) in [5.41, 5.74) is 0.328. The Morgan fingerprint density at radius 3 is 2.83 bits per heavy atom. The van der Waals surface area contributed by atoms with Gasteiger partial charge in [-0.15, -0.1) is 11.8 Å². The molecule has 2 N–H and O–H groups in total. The Morgan fingerprint density at radius 2 is 2.33 bits per heavy atom. The van der Waals surface area contributed by atoms with Crippen molar-refractivity contribution in [3.05, 3.63) is 18.0 Å². The number of rotatable bonds is 3. The van der Waals surface area contributed by atoms with Gasteiger partial charge in [0.05, 0.1) is 5.37 Å². The molecule has 0 spiro atoms. The van der Waals surface area contributed by atoms with E-state index >= 15 is 0 Å². The Kier molecular flexibility index (Phi) is 3.60. The molecule has 1 aliphatic rings. The van der Waals surface area contributed by atoms with E-state index in [0.717, 1.165) is 0 Å². The average Bonchev–Trinajstić information content (AvgIpc) is 2.97. The zero-order chi connectivity index (χ0) is 13.3. The standard InChI is InChI=1S/C11H15N3O3S/c1-6(2)10-14(8(5-18-10)11(16)17)9(15)7-3-4-12-13-7/h3-4,6,8,10H,5H2,1-2H3,(H,12,13)(H,16,17). The number of nitrogens with one attached hydrogen (secondary N) is 1. The SMILES string of the molecule is CC(C)C1SCC(C(=O)O)N1C(=O)c1ccn[nH]1. The van der Waals surface area contributed by atoms with Crippen LogP contribution in [0.1, 0.15) is 24.3 Å². The lowest BCUT2D eigenvalue weighted by Gasteiger charge is -2.29. The van der Waals surface area contributed by atoms with Crippen molar-refractivity contribution in [2.45, 2.75) is 25.3 Å². The van der Waals surface area contributed by atoms with E-state index in [-0.39, 0.29) is 17.2 Å². The number of nitrogens with zero attached hydrogens (tertiary/aromatic N) is 2. The van der Waals surface area contributed by atoms with E-state index in [1.165, 1.54) is 22.9 Å². The fraction of sp³-hybridized carbons (Fsp3) is 0.545. The molecule has 0 aromatic carbocycles. The Balaban J connectivity index is 2.29. The molecule has 0 saturated carbocycles. The molecule has 98 valence electrons. The van der Waals surface area contributed by atoms with Gasteiger partial charge in [0.1, 0.15) is 11.7 Å². The summed E-state index contributed by atoms with van der Waals surface area (Å²) in [6, 6.07) is 0.792. The summed E-state index contributed by atoms with van der Waals surface area (Å²) >= 11 is 1.51. The Labute approximate surface area is 109 Å². The fourth-order valence-electron chi connectivity index (χ4n) is 2.00. The first-order valence-electron chi connectivity index (χ1n) is 5.69. The van der Waals surface area contributed by atoms with E-state index < -0.39 is 12.0 Å². The van der Waals surface area contributed by atoms with Crippen LogP contribution < -0.4 is 0 Å². The Hall–Kier alpha value is -1.50. The molecule has 1 saturated heterocycles. The van der Waals surface area contributed by atoms with Crippen molar-refractivity contribution in [1.29, 1.82) is 0 Å². The number of aliphatic carboxylic acids is 1. The second-order valence-electron chi connectivity index (χ2n) is 4.50. The molecule has 1 aromatic rings. The number of carbonyl (C=O) groups is 2. The number of H-pyrrole nitrogens is 1. The maximum Gasteiger partial charge on any atom is 0.327 e. The zero-order valence-electron chi connectivity index (χ0n) is 10.2. The highest BCUT2D eigenvalue weighted by Crippen LogP contribution is 2.34. The molecule has 2 rings (SSSR count). The van der Waals surface area contributed by atoms with Crippen LogP contribution in [0.25, 0.3) is 0 Å². The third-order valence-corrected chi connectivity index (χ3v) is 4.48. The van der Waals surface area contributed by atoms with Gasteiger partial charge in [-0.05, 0) is 12.0 Å². The highest BCUT2D eigenvalue weighted by atomic mass is 32.2. The van der Waals surface area contributed by atoms with Crippen LogP contribution in [0, 0.1) is 5.92 Å². The summed E-state index contributed by atoms with van der Waals surface area (Å²) < 4.78 is 0. The third-order valence-electron chi connectivity index (χ3n) is 2.86. The summed E-state index contributed by atoms with van der Waals surface area (Å²) in [7, 11) is 0. The summed E-state index contributed by atoms with van der Waals surface area (Å²) in [6.07, 6.45) is 1.48. The van der Waals surface area contributed by atoms with Gasteiger partial charge in [0, 0.05) is 11.9 Å². The average molecular weight is 269 g/mol. The van der Waals surface area contributed by atoms with E-state index in [1.54, 1.807) is 6.07 Å². The number of hydrogen-bond acceptors (Lipinski definition) is 4. The first-order valence-corrected chi connectivity index (χ1v) is 6.73. The number of carboxylic acid groups (broad SMARTS) is 1. The minimum Gasteiger partial charge on any atom is -0.480 e. The maximum atomic E-state index is 12.3. The summed E-state index contributed by atoms with van der Waals surface area (Å²) in [6.45, 7) is 3.96. The van der Waals surface area contributed by atoms with Crippen molar-refractivity contribution >= 4 is 23.6 Å². The van der Waals surface area contributed by atoms with Gasteiger partial charge in [0.15, 0.2) is 0 Å². The van der Waals surface area contributed by atoms with Gasteiger partial charge in [-0.2, -0.15) is 5.10 Å². The lowest BCUT2D eigenvalue weighted by atomic mass is 10.1. The molecule has 1 fully saturated rings. The molecule has 0 radical (unpaired) electrons. The van der Waals surface area contributed by atoms with Crippen LogP contribution in [0.5, 0.6) is 0 Å². The van der Waals surface area contributed by atoms with Crippen molar-refractivity contribution in [2.75, 3.05) is 5.75 Å². The number of amides is 1. The predicted molar refractivity (Wildman–Crippen MR) is 67.3 cm³/mol. The molecule has 1 aliphatic heterocycles. The second kappa shape index (κ2) is 5.01. The molecule has 2 atom stereocenters. The molecule has 7 heteroatoms. The molecule has 2 heterocycles. The quantitative estimate of drug-likeness (QED) is 0.856. The van der Waals surface area contributed by atoms with Gasteiger partial charge in [-0.1, -0.05) is 13.8 Å². The predicted octanol–water partition coefficient (Wildman–Crippen LogP) is 1.03. The number of hydrogen-bond donors (Lipinski definition) is 2. The van der Waals surface area contributed by atoms with Crippen molar-refractivity contribution in [3.8, 4) is 0 Å². The minimum atomic E-state index is -0.960. The van der Waals surface area contributed by atoms with Crippen molar-refractivity contribution in [2.24, 2.45) is 5.92 Å². The van der Waals surface area contributed by atoms with Crippen molar-refractivity contribution in [1.82, 2.24) is 15.1 Å². The van der Waals surface area contributed by atoms with Crippen LogP contribution in [-0.4, -0.2) is 49.2 Å². The Bertz CT molecular complexity index is 446. The van der Waals surface area contributed by atoms with Crippen molar-refractivity contribution < 1.29 is 14.7 Å². The normalized spacial score (nSPS) is 23.6. The van der Waals surface area contributed by atoms with Crippen molar-refractivity contribution in [3.63, 3.8) is 0 Å². The van der Waals surface area contributed by atoms with E-state index in [9.17, 15) is 14.7 Å². The van der Waals surface area contributed by atoms with Gasteiger partial charge in [-0.25, -0.2) is 4.79 Å². The number of carbonyl (C=O) groups excluding carboxylic acids is 1. The zero-order valence-corrected chi connectivity index (χ0v) is 11.0. The summed E-state index contributed by atoms with van der Waals surface area (Å²) in [5, 5.41) is 15.4. The lowest BCUT2D eigenvalue weighted by molar-refractivity contribution is -0.141. The molecule has 0 aliphatic carbocycles. The van der Waals surface area contributed by atoms with Gasteiger partial charge >= 0.3 is 5.97 Å². The van der Waals surface area contributed by atoms with Crippen LogP contribution in [0.4, 0.5) is 0 Å². The largest absolute Gasteiger partial charge is 0.480 e. The topological polar surface area (TPSA) is 86.3 Å². The molecular weight excluding hydrogens is 254 g/mol. The third kappa shape index (κ3) is 2.22. The van der Waals surface area contributed by atoms with Gasteiger partial charge in [0.25, 0.3) is 5.91 Å². The lowest BCUT2D eigenvalue weighted by Crippen LogP contribution is -2.47. The smallest absolute Gasteiger partial charge is 0.327 e. The van der Waals surface area contributed by atoms with E-state index in [4.69, 9.17) is 0 Å². The van der Waals surface area contributed by atoms with Crippen LogP contribution in [0.3, 0.4) is 0 Å². The molecule has 18 heavy (non-hydrogen) atoms. The van der Waals surface area contributed by atoms with Gasteiger partial charge in [0.2, 0.25) is 0 Å². The first-order chi connectivity index (χ1) is 8.52. The molecular formula is C11H15N3O3S. The van der Waals surface area contributed by atoms with Crippen LogP contribution in [0.15, 0.2) is 12.3 Å². The Morgan fingerprint density at radius 1 is 1.61 bits per heavy atom. The summed E-state index contributed by atoms with van der Waals surface area (Å²) in [4.78, 5) is 25.0. The number of carboxylic acids is 1. The molecule has 1 aromatic heterocycles. The van der Waals surface area contributed by atoms with Crippen LogP contribution >= 0.6 is 11.8 Å². The second-order valence-corrected chi connectivity index (χ2v) is 5.65. The maximum absolute atomic E-state index is 12.3. The number of aromatic nitrogens is 2. The minimum absolute atomic E-state index is 0.109. The van der Waals surface area contributed by atoms with Crippen LogP contribution in [0.2, 0.25) is 0 Å².